The van der Waals surface area contributed by atoms with Crippen LogP contribution in [0.2, 0.25) is 0 Å². The molecule has 0 spiro atoms. The molecule has 22 heavy (non-hydrogen) atoms. The summed E-state index contributed by atoms with van der Waals surface area (Å²) in [6, 6.07) is 9.30. The number of halogens is 1. The maximum Gasteiger partial charge on any atom is 0.303 e. The molecule has 0 atom stereocenters. The smallest absolute Gasteiger partial charge is 0.303 e. The summed E-state index contributed by atoms with van der Waals surface area (Å²) in [5.74, 6) is -1.27. The van der Waals surface area contributed by atoms with Crippen molar-refractivity contribution in [1.29, 1.82) is 0 Å². The number of carboxylic acids is 1. The van der Waals surface area contributed by atoms with Crippen LogP contribution in [0.1, 0.15) is 31.9 Å². The highest BCUT2D eigenvalue weighted by atomic mass is 19.1. The van der Waals surface area contributed by atoms with Crippen molar-refractivity contribution in [3.8, 4) is 11.3 Å². The monoisotopic (exact) mass is 303 g/mol. The Kier molecular flexibility index (Phi) is 4.75. The number of hydrogen-bond donors (Lipinski definition) is 1. The van der Waals surface area contributed by atoms with Crippen molar-refractivity contribution in [2.45, 2.75) is 32.7 Å². The second-order valence-electron chi connectivity index (χ2n) is 5.41. The molecule has 0 saturated carbocycles. The van der Waals surface area contributed by atoms with Crippen LogP contribution in [0.15, 0.2) is 41.2 Å². The SMILES string of the molecule is CC(C)n1c(-c2ccc(F)cc2)ccc(CCC(=O)O)c1=O. The molecule has 0 amide bonds. The molecule has 0 saturated heterocycles. The van der Waals surface area contributed by atoms with E-state index in [9.17, 15) is 14.0 Å². The van der Waals surface area contributed by atoms with Crippen LogP contribution in [-0.2, 0) is 11.2 Å². The summed E-state index contributed by atoms with van der Waals surface area (Å²) in [6.45, 7) is 3.77. The number of carboxylic acid groups (broad SMARTS) is 1. The average Bonchev–Trinajstić information content (AvgIpc) is 2.46. The molecule has 5 heteroatoms. The lowest BCUT2D eigenvalue weighted by Gasteiger charge is -2.18. The van der Waals surface area contributed by atoms with E-state index in [0.717, 1.165) is 5.56 Å². The molecule has 0 radical (unpaired) electrons. The molecule has 0 aliphatic rings. The van der Waals surface area contributed by atoms with Crippen LogP contribution in [0.25, 0.3) is 11.3 Å². The fraction of sp³-hybridized carbons (Fsp3) is 0.294. The minimum atomic E-state index is -0.932. The third-order valence-electron chi connectivity index (χ3n) is 3.46. The summed E-state index contributed by atoms with van der Waals surface area (Å²) >= 11 is 0. The van der Waals surface area contributed by atoms with E-state index in [-0.39, 0.29) is 30.3 Å². The summed E-state index contributed by atoms with van der Waals surface area (Å²) in [5.41, 5.74) is 1.72. The van der Waals surface area contributed by atoms with Crippen molar-refractivity contribution in [2.24, 2.45) is 0 Å². The van der Waals surface area contributed by atoms with Gasteiger partial charge in [-0.25, -0.2) is 4.39 Å². The van der Waals surface area contributed by atoms with E-state index in [1.54, 1.807) is 28.8 Å². The van der Waals surface area contributed by atoms with E-state index in [2.05, 4.69) is 0 Å². The van der Waals surface area contributed by atoms with Crippen molar-refractivity contribution in [2.75, 3.05) is 0 Å². The lowest BCUT2D eigenvalue weighted by Crippen LogP contribution is -2.27. The fourth-order valence-electron chi connectivity index (χ4n) is 2.40. The molecule has 1 aromatic heterocycles. The van der Waals surface area contributed by atoms with E-state index in [1.165, 1.54) is 12.1 Å². The minimum Gasteiger partial charge on any atom is -0.481 e. The molecule has 2 aromatic rings. The Hall–Kier alpha value is -2.43. The van der Waals surface area contributed by atoms with Crippen LogP contribution >= 0.6 is 0 Å². The molecule has 2 rings (SSSR count). The number of pyridine rings is 1. The summed E-state index contributed by atoms with van der Waals surface area (Å²) in [4.78, 5) is 23.3. The molecule has 0 unspecified atom stereocenters. The number of aromatic nitrogens is 1. The fourth-order valence-corrected chi connectivity index (χ4v) is 2.40. The van der Waals surface area contributed by atoms with Gasteiger partial charge in [-0.3, -0.25) is 9.59 Å². The van der Waals surface area contributed by atoms with Gasteiger partial charge >= 0.3 is 5.97 Å². The van der Waals surface area contributed by atoms with Crippen molar-refractivity contribution in [3.63, 3.8) is 0 Å². The number of aliphatic carboxylic acids is 1. The predicted molar refractivity (Wildman–Crippen MR) is 82.4 cm³/mol. The maximum absolute atomic E-state index is 13.1. The highest BCUT2D eigenvalue weighted by Gasteiger charge is 2.13. The van der Waals surface area contributed by atoms with E-state index in [4.69, 9.17) is 5.11 Å². The Balaban J connectivity index is 2.51. The number of benzene rings is 1. The topological polar surface area (TPSA) is 59.3 Å². The maximum atomic E-state index is 13.1. The third kappa shape index (κ3) is 3.42. The second kappa shape index (κ2) is 6.56. The van der Waals surface area contributed by atoms with Gasteiger partial charge in [0.2, 0.25) is 0 Å². The molecule has 116 valence electrons. The number of rotatable bonds is 5. The van der Waals surface area contributed by atoms with E-state index >= 15 is 0 Å². The first kappa shape index (κ1) is 15.9. The van der Waals surface area contributed by atoms with Crippen LogP contribution in [0.4, 0.5) is 4.39 Å². The molecular weight excluding hydrogens is 285 g/mol. The van der Waals surface area contributed by atoms with Gasteiger partial charge in [0.05, 0.1) is 5.69 Å². The van der Waals surface area contributed by atoms with Gasteiger partial charge in [-0.05, 0) is 56.2 Å². The van der Waals surface area contributed by atoms with Gasteiger partial charge in [-0.1, -0.05) is 6.07 Å². The van der Waals surface area contributed by atoms with E-state index < -0.39 is 5.97 Å². The quantitative estimate of drug-likeness (QED) is 0.922. The largest absolute Gasteiger partial charge is 0.481 e. The summed E-state index contributed by atoms with van der Waals surface area (Å²) in [6.07, 6.45) is 0.119. The zero-order valence-corrected chi connectivity index (χ0v) is 12.5. The molecule has 0 bridgehead atoms. The zero-order chi connectivity index (χ0) is 16.3. The van der Waals surface area contributed by atoms with E-state index in [0.29, 0.717) is 11.3 Å². The van der Waals surface area contributed by atoms with Gasteiger partial charge in [0.1, 0.15) is 5.82 Å². The number of aryl methyl sites for hydroxylation is 1. The van der Waals surface area contributed by atoms with Crippen molar-refractivity contribution >= 4 is 5.97 Å². The van der Waals surface area contributed by atoms with Gasteiger partial charge in [-0.2, -0.15) is 0 Å². The van der Waals surface area contributed by atoms with Gasteiger partial charge in [0.15, 0.2) is 0 Å². The normalized spacial score (nSPS) is 10.9. The van der Waals surface area contributed by atoms with Crippen LogP contribution in [0.3, 0.4) is 0 Å². The van der Waals surface area contributed by atoms with Crippen LogP contribution in [-0.4, -0.2) is 15.6 Å². The van der Waals surface area contributed by atoms with Gasteiger partial charge < -0.3 is 9.67 Å². The van der Waals surface area contributed by atoms with Gasteiger partial charge in [0.25, 0.3) is 5.56 Å². The van der Waals surface area contributed by atoms with Crippen molar-refractivity contribution < 1.29 is 14.3 Å². The lowest BCUT2D eigenvalue weighted by molar-refractivity contribution is -0.136. The van der Waals surface area contributed by atoms with E-state index in [1.807, 2.05) is 13.8 Å². The Morgan fingerprint density at radius 1 is 1.18 bits per heavy atom. The Morgan fingerprint density at radius 2 is 1.82 bits per heavy atom. The van der Waals surface area contributed by atoms with Gasteiger partial charge in [0, 0.05) is 18.0 Å². The number of hydrogen-bond acceptors (Lipinski definition) is 2. The Bertz CT molecular complexity index is 733. The van der Waals surface area contributed by atoms with Crippen LogP contribution in [0.5, 0.6) is 0 Å². The summed E-state index contributed by atoms with van der Waals surface area (Å²) < 4.78 is 14.7. The van der Waals surface area contributed by atoms with Crippen molar-refractivity contribution in [3.05, 3.63) is 58.1 Å². The standard InChI is InChI=1S/C17H18FNO3/c1-11(2)19-15(12-3-7-14(18)8-4-12)9-5-13(17(19)22)6-10-16(20)21/h3-5,7-9,11H,6,10H2,1-2H3,(H,20,21). The van der Waals surface area contributed by atoms with Gasteiger partial charge in [-0.15, -0.1) is 0 Å². The third-order valence-corrected chi connectivity index (χ3v) is 3.46. The lowest BCUT2D eigenvalue weighted by atomic mass is 10.1. The Morgan fingerprint density at radius 3 is 2.36 bits per heavy atom. The number of carbonyl (C=O) groups is 1. The summed E-state index contributed by atoms with van der Waals surface area (Å²) in [5, 5.41) is 8.76. The minimum absolute atomic E-state index is 0.0801. The summed E-state index contributed by atoms with van der Waals surface area (Å²) in [7, 11) is 0. The predicted octanol–water partition coefficient (Wildman–Crippen LogP) is 3.25. The first-order valence-electron chi connectivity index (χ1n) is 7.12. The first-order chi connectivity index (χ1) is 10.4. The highest BCUT2D eigenvalue weighted by Crippen LogP contribution is 2.22. The molecule has 1 heterocycles. The average molecular weight is 303 g/mol. The molecule has 0 aliphatic carbocycles. The van der Waals surface area contributed by atoms with Crippen LogP contribution in [0, 0.1) is 5.82 Å². The first-order valence-corrected chi connectivity index (χ1v) is 7.12. The second-order valence-corrected chi connectivity index (χ2v) is 5.41. The molecule has 0 fully saturated rings. The zero-order valence-electron chi connectivity index (χ0n) is 12.5. The van der Waals surface area contributed by atoms with Crippen molar-refractivity contribution in [1.82, 2.24) is 4.57 Å². The molecule has 0 aliphatic heterocycles. The number of nitrogens with zero attached hydrogens (tertiary/aromatic N) is 1. The Labute approximate surface area is 127 Å². The molecule has 4 nitrogen and oxygen atoms in total. The van der Waals surface area contributed by atoms with Crippen LogP contribution < -0.4 is 5.56 Å². The molecular formula is C17H18FNO3. The molecule has 1 N–H and O–H groups in total. The molecule has 1 aromatic carbocycles. The highest BCUT2D eigenvalue weighted by molar-refractivity contribution is 5.67.